The summed E-state index contributed by atoms with van der Waals surface area (Å²) >= 11 is 58.5. The molecule has 144 valence electrons. The molecule has 24 heavy (non-hydrogen) atoms. The average molecular weight is 593 g/mol. The zero-order chi connectivity index (χ0) is 20.4. The third-order valence-corrected chi connectivity index (χ3v) is 1.37. The number of carbonyl (C=O) groups excluding carboxylic acids is 3. The van der Waals surface area contributed by atoms with Crippen molar-refractivity contribution in [2.24, 2.45) is 0 Å². The van der Waals surface area contributed by atoms with Crippen molar-refractivity contribution >= 4 is 155 Å². The highest BCUT2D eigenvalue weighted by atomic mass is 35.6. The Morgan fingerprint density at radius 2 is 0.750 bits per heavy atom. The second kappa shape index (κ2) is 14.0. The highest BCUT2D eigenvalue weighted by Crippen LogP contribution is 2.32. The molecule has 0 radical (unpaired) electrons. The zero-order valence-electron chi connectivity index (χ0n) is 9.99. The Bertz CT molecular complexity index is 386. The van der Waals surface area contributed by atoms with Crippen LogP contribution in [0.3, 0.4) is 0 Å². The molecule has 0 amide bonds. The maximum Gasteiger partial charge on any atom is 0.515 e. The Kier molecular flexibility index (Phi) is 17.8. The molecule has 0 bridgehead atoms. The minimum Gasteiger partial charge on any atom is -0.402 e. The quantitative estimate of drug-likeness (QED) is 0.161. The van der Waals surface area contributed by atoms with E-state index in [-0.39, 0.29) is 0 Å². The number of rotatable bonds is 0. The number of alkyl halides is 9. The summed E-state index contributed by atoms with van der Waals surface area (Å²) in [6.07, 6.45) is -1.41. The summed E-state index contributed by atoms with van der Waals surface area (Å²) in [5, 5.41) is 0. The van der Waals surface area contributed by atoms with Crippen molar-refractivity contribution in [2.75, 3.05) is 0 Å². The van der Waals surface area contributed by atoms with E-state index >= 15 is 0 Å². The van der Waals surface area contributed by atoms with Gasteiger partial charge in [0.05, 0.1) is 0 Å². The van der Waals surface area contributed by atoms with Crippen molar-refractivity contribution in [2.45, 2.75) is 11.9 Å². The first-order valence-corrected chi connectivity index (χ1v) is 8.64. The van der Waals surface area contributed by atoms with E-state index in [0.717, 1.165) is 0 Å². The molecule has 0 aliphatic carbocycles. The Hall–Kier alpha value is 1.89. The molecule has 0 heterocycles. The van der Waals surface area contributed by atoms with E-state index in [1.807, 2.05) is 0 Å². The van der Waals surface area contributed by atoms with E-state index in [2.05, 4.69) is 49.0 Å². The van der Waals surface area contributed by atoms with Crippen molar-refractivity contribution in [3.05, 3.63) is 0 Å². The highest BCUT2D eigenvalue weighted by molar-refractivity contribution is 6.93. The number of carbonyl (C=O) groups is 3. The summed E-state index contributed by atoms with van der Waals surface area (Å²) in [6.45, 7) is 0. The molecule has 0 fully saturated rings. The lowest BCUT2D eigenvalue weighted by Gasteiger charge is -2.15. The maximum atomic E-state index is 10.5. The van der Waals surface area contributed by atoms with Crippen LogP contribution in [0.15, 0.2) is 0 Å². The summed E-state index contributed by atoms with van der Waals surface area (Å²) in [6, 6.07) is 0. The summed E-state index contributed by atoms with van der Waals surface area (Å²) in [5.41, 5.74) is -1.15. The SMILES string of the molecule is O=C(Cl)Cl.O=C(Cl)OC(Cl)(Cl)Cl.O=C(OC(Cl)(Cl)Cl)OC(Cl)(Cl)Cl. The minimum atomic E-state index is -2.24. The predicted octanol–water partition coefficient (Wildman–Crippen LogP) is 8.07. The minimum absolute atomic E-state index is 0.889. The molecule has 6 nitrogen and oxygen atoms in total. The van der Waals surface area contributed by atoms with Crippen LogP contribution in [-0.2, 0) is 14.2 Å². The first-order chi connectivity index (χ1) is 10.2. The third kappa shape index (κ3) is 43.9. The van der Waals surface area contributed by atoms with Crippen LogP contribution in [0.25, 0.3) is 0 Å². The molecule has 0 atom stereocenters. The van der Waals surface area contributed by atoms with Gasteiger partial charge in [0, 0.05) is 11.6 Å². The van der Waals surface area contributed by atoms with Gasteiger partial charge in [0.25, 0.3) is 0 Å². The maximum absolute atomic E-state index is 10.5. The molecular weight excluding hydrogens is 593 g/mol. The Balaban J connectivity index is -0.000000316. The standard InChI is InChI=1S/C3Cl6O3.C2Cl4O2.CCl2O/c4-2(5,6)11-1(10)12-3(7,8)9;3-1(7)8-2(4,5)6;2-1(3)4. The molecular formula is C6Cl12O6. The normalized spacial score (nSPS) is 11.0. The van der Waals surface area contributed by atoms with Gasteiger partial charge in [-0.15, -0.1) is 0 Å². The van der Waals surface area contributed by atoms with Crippen LogP contribution >= 0.6 is 139 Å². The Labute approximate surface area is 194 Å². The van der Waals surface area contributed by atoms with E-state index < -0.39 is 28.2 Å². The first kappa shape index (κ1) is 30.6. The van der Waals surface area contributed by atoms with E-state index in [0.29, 0.717) is 0 Å². The van der Waals surface area contributed by atoms with Crippen molar-refractivity contribution in [1.29, 1.82) is 0 Å². The Morgan fingerprint density at radius 1 is 0.542 bits per heavy atom. The van der Waals surface area contributed by atoms with Gasteiger partial charge >= 0.3 is 28.2 Å². The Morgan fingerprint density at radius 3 is 0.833 bits per heavy atom. The fourth-order valence-electron chi connectivity index (χ4n) is 0.301. The lowest BCUT2D eigenvalue weighted by Crippen LogP contribution is -2.22. The van der Waals surface area contributed by atoms with E-state index in [1.54, 1.807) is 0 Å². The summed E-state index contributed by atoms with van der Waals surface area (Å²) in [7, 11) is 0. The molecule has 0 rings (SSSR count). The van der Waals surface area contributed by atoms with Crippen LogP contribution < -0.4 is 0 Å². The zero-order valence-corrected chi connectivity index (χ0v) is 19.1. The summed E-state index contributed by atoms with van der Waals surface area (Å²) in [5.74, 6) is 0. The van der Waals surface area contributed by atoms with E-state index in [4.69, 9.17) is 109 Å². The number of hydrogen-bond acceptors (Lipinski definition) is 6. The lowest BCUT2D eigenvalue weighted by atomic mass is 11.3. The highest BCUT2D eigenvalue weighted by Gasteiger charge is 2.32. The molecule has 0 aromatic carbocycles. The van der Waals surface area contributed by atoms with Gasteiger partial charge in [-0.25, -0.2) is 9.59 Å². The van der Waals surface area contributed by atoms with Gasteiger partial charge < -0.3 is 14.2 Å². The molecule has 0 saturated carbocycles. The largest absolute Gasteiger partial charge is 0.515 e. The van der Waals surface area contributed by atoms with Crippen molar-refractivity contribution in [3.63, 3.8) is 0 Å². The number of hydrogen-bond donors (Lipinski definition) is 0. The van der Waals surface area contributed by atoms with Crippen LogP contribution in [0, 0.1) is 0 Å². The van der Waals surface area contributed by atoms with Gasteiger partial charge in [-0.3, -0.25) is 4.79 Å². The van der Waals surface area contributed by atoms with E-state index in [1.165, 1.54) is 0 Å². The van der Waals surface area contributed by atoms with Crippen molar-refractivity contribution in [3.8, 4) is 0 Å². The molecule has 0 aromatic rings. The van der Waals surface area contributed by atoms with Gasteiger partial charge in [-0.1, -0.05) is 0 Å². The average Bonchev–Trinajstić information content (AvgIpc) is 2.04. The van der Waals surface area contributed by atoms with Crippen LogP contribution in [0.4, 0.5) is 14.4 Å². The van der Waals surface area contributed by atoms with Crippen LogP contribution in [-0.4, -0.2) is 28.2 Å². The molecule has 18 heteroatoms. The van der Waals surface area contributed by atoms with Crippen LogP contribution in [0.2, 0.25) is 0 Å². The summed E-state index contributed by atoms with van der Waals surface area (Å²) in [4.78, 5) is 29.2. The number of ether oxygens (including phenoxy) is 3. The molecule has 0 aliphatic heterocycles. The van der Waals surface area contributed by atoms with Crippen LogP contribution in [0.5, 0.6) is 0 Å². The lowest BCUT2D eigenvalue weighted by molar-refractivity contribution is 0.0508. The van der Waals surface area contributed by atoms with Crippen molar-refractivity contribution < 1.29 is 28.6 Å². The molecule has 0 unspecified atom stereocenters. The third-order valence-electron chi connectivity index (χ3n) is 0.594. The van der Waals surface area contributed by atoms with Gasteiger partial charge in [0.2, 0.25) is 0 Å². The van der Waals surface area contributed by atoms with Gasteiger partial charge in [0.1, 0.15) is 0 Å². The molecule has 0 aromatic heterocycles. The van der Waals surface area contributed by atoms with Gasteiger partial charge in [-0.05, 0) is 128 Å². The fraction of sp³-hybridized carbons (Fsp3) is 0.500. The predicted molar refractivity (Wildman–Crippen MR) is 97.9 cm³/mol. The smallest absolute Gasteiger partial charge is 0.402 e. The molecule has 0 saturated heterocycles. The molecule has 0 aliphatic rings. The topological polar surface area (TPSA) is 78.9 Å². The number of halogens is 12. The van der Waals surface area contributed by atoms with Crippen LogP contribution in [0.1, 0.15) is 0 Å². The second-order valence-electron chi connectivity index (χ2n) is 2.36. The fourth-order valence-corrected chi connectivity index (χ4v) is 1.12. The van der Waals surface area contributed by atoms with E-state index in [9.17, 15) is 9.59 Å². The summed E-state index contributed by atoms with van der Waals surface area (Å²) < 4.78 is 4.43. The monoisotopic (exact) mass is 588 g/mol. The molecule has 0 spiro atoms. The van der Waals surface area contributed by atoms with Gasteiger partial charge in [-0.2, -0.15) is 0 Å². The second-order valence-corrected chi connectivity index (χ2v) is 10.1. The van der Waals surface area contributed by atoms with Crippen molar-refractivity contribution in [1.82, 2.24) is 0 Å². The van der Waals surface area contributed by atoms with Gasteiger partial charge in [0.15, 0.2) is 0 Å². The first-order valence-electron chi connectivity index (χ1n) is 4.10. The molecule has 0 N–H and O–H groups in total.